The smallest absolute Gasteiger partial charge is 0.0488 e. The summed E-state index contributed by atoms with van der Waals surface area (Å²) in [5.41, 5.74) is 5.93. The highest BCUT2D eigenvalue weighted by Crippen LogP contribution is 2.31. The fourth-order valence-electron chi connectivity index (χ4n) is 3.21. The molecule has 0 saturated heterocycles. The molecule has 0 spiro atoms. The van der Waals surface area contributed by atoms with E-state index in [-0.39, 0.29) is 0 Å². The first-order valence-corrected chi connectivity index (χ1v) is 8.39. The van der Waals surface area contributed by atoms with E-state index >= 15 is 0 Å². The molecule has 0 amide bonds. The molecule has 0 saturated carbocycles. The maximum absolute atomic E-state index is 2.41. The molecule has 0 unspecified atom stereocenters. The molecule has 0 bridgehead atoms. The summed E-state index contributed by atoms with van der Waals surface area (Å²) in [6.07, 6.45) is 3.48. The third-order valence-electron chi connectivity index (χ3n) is 4.71. The van der Waals surface area contributed by atoms with Gasteiger partial charge >= 0.3 is 0 Å². The number of aromatic nitrogens is 1. The molecular weight excluding hydrogens is 266 g/mol. The molecule has 0 N–H and O–H groups in total. The van der Waals surface area contributed by atoms with Gasteiger partial charge in [0.2, 0.25) is 0 Å². The van der Waals surface area contributed by atoms with Crippen molar-refractivity contribution in [3.63, 3.8) is 0 Å². The van der Waals surface area contributed by atoms with Crippen molar-refractivity contribution in [3.8, 4) is 0 Å². The van der Waals surface area contributed by atoms with Crippen LogP contribution in [0.3, 0.4) is 0 Å². The Morgan fingerprint density at radius 1 is 0.864 bits per heavy atom. The minimum Gasteiger partial charge on any atom is -0.344 e. The number of hydrogen-bond donors (Lipinski definition) is 0. The van der Waals surface area contributed by atoms with Gasteiger partial charge in [-0.3, -0.25) is 0 Å². The Balaban J connectivity index is 2.11. The number of hydrogen-bond acceptors (Lipinski definition) is 0. The Kier molecular flexibility index (Phi) is 3.76. The first-order valence-electron chi connectivity index (χ1n) is 8.39. The second-order valence-electron chi connectivity index (χ2n) is 7.68. The van der Waals surface area contributed by atoms with Crippen LogP contribution in [0.1, 0.15) is 45.2 Å². The topological polar surface area (TPSA) is 4.93 Å². The van der Waals surface area contributed by atoms with Crippen LogP contribution in [0.25, 0.3) is 21.8 Å². The molecule has 22 heavy (non-hydrogen) atoms. The van der Waals surface area contributed by atoms with Crippen molar-refractivity contribution >= 4 is 21.8 Å². The summed E-state index contributed by atoms with van der Waals surface area (Å²) in [4.78, 5) is 0. The Morgan fingerprint density at radius 3 is 1.95 bits per heavy atom. The minimum absolute atomic E-state index is 0.392. The summed E-state index contributed by atoms with van der Waals surface area (Å²) in [5.74, 6) is 0. The normalized spacial score (nSPS) is 12.4. The fourth-order valence-corrected chi connectivity index (χ4v) is 3.21. The molecule has 0 aliphatic carbocycles. The van der Waals surface area contributed by atoms with Crippen molar-refractivity contribution in [1.29, 1.82) is 0 Å². The predicted octanol–water partition coefficient (Wildman–Crippen LogP) is 5.87. The van der Waals surface area contributed by atoms with Gasteiger partial charge in [0, 0.05) is 28.9 Å². The van der Waals surface area contributed by atoms with Crippen LogP contribution < -0.4 is 0 Å². The number of nitrogens with zero attached hydrogens (tertiary/aromatic N) is 1. The maximum atomic E-state index is 2.41. The number of aryl methyl sites for hydroxylation is 3. The number of rotatable bonds is 3. The summed E-state index contributed by atoms with van der Waals surface area (Å²) < 4.78 is 2.32. The van der Waals surface area contributed by atoms with Gasteiger partial charge in [0.15, 0.2) is 0 Å². The van der Waals surface area contributed by atoms with Crippen LogP contribution in [-0.4, -0.2) is 4.57 Å². The van der Waals surface area contributed by atoms with Crippen LogP contribution in [0.4, 0.5) is 0 Å². The zero-order valence-corrected chi connectivity index (χ0v) is 14.5. The summed E-state index contributed by atoms with van der Waals surface area (Å²) >= 11 is 0. The van der Waals surface area contributed by atoms with E-state index in [0.717, 1.165) is 12.8 Å². The first-order chi connectivity index (χ1) is 10.4. The fraction of sp³-hybridized carbons (Fsp3) is 0.429. The van der Waals surface area contributed by atoms with Gasteiger partial charge in [-0.1, -0.05) is 39.8 Å². The van der Waals surface area contributed by atoms with Gasteiger partial charge in [-0.25, -0.2) is 0 Å². The summed E-state index contributed by atoms with van der Waals surface area (Å²) in [7, 11) is 2.17. The van der Waals surface area contributed by atoms with Crippen LogP contribution >= 0.6 is 0 Å². The highest BCUT2D eigenvalue weighted by Gasteiger charge is 2.12. The van der Waals surface area contributed by atoms with Crippen molar-refractivity contribution < 1.29 is 0 Å². The monoisotopic (exact) mass is 293 g/mol. The highest BCUT2D eigenvalue weighted by atomic mass is 14.9. The molecule has 0 atom stereocenters. The number of fused-ring (bicyclic) bond motifs is 3. The van der Waals surface area contributed by atoms with Crippen LogP contribution in [0, 0.1) is 5.41 Å². The minimum atomic E-state index is 0.392. The summed E-state index contributed by atoms with van der Waals surface area (Å²) in [5, 5.41) is 2.80. The molecule has 0 fully saturated rings. The van der Waals surface area contributed by atoms with E-state index < -0.39 is 0 Å². The van der Waals surface area contributed by atoms with E-state index in [0.29, 0.717) is 5.41 Å². The largest absolute Gasteiger partial charge is 0.344 e. The Hall–Kier alpha value is -1.76. The van der Waals surface area contributed by atoms with Gasteiger partial charge in [0.05, 0.1) is 0 Å². The third-order valence-corrected chi connectivity index (χ3v) is 4.71. The standard InChI is InChI=1S/C21H27N/c1-6-15-7-9-19-17(13-15)18-14-16(11-12-21(2,3)4)8-10-20(18)22(19)5/h7-10,13-14H,6,11-12H2,1-5H3. The molecular formula is C21H27N. The second kappa shape index (κ2) is 5.46. The lowest BCUT2D eigenvalue weighted by atomic mass is 9.88. The van der Waals surface area contributed by atoms with E-state index in [1.807, 2.05) is 0 Å². The van der Waals surface area contributed by atoms with Gasteiger partial charge < -0.3 is 4.57 Å². The summed E-state index contributed by atoms with van der Waals surface area (Å²) in [6, 6.07) is 13.9. The van der Waals surface area contributed by atoms with Gasteiger partial charge in [-0.05, 0) is 60.1 Å². The van der Waals surface area contributed by atoms with Crippen LogP contribution in [0.5, 0.6) is 0 Å². The third kappa shape index (κ3) is 2.77. The molecule has 1 heterocycles. The van der Waals surface area contributed by atoms with Crippen molar-refractivity contribution in [3.05, 3.63) is 47.5 Å². The molecule has 1 nitrogen and oxygen atoms in total. The van der Waals surface area contributed by atoms with Gasteiger partial charge in [0.1, 0.15) is 0 Å². The molecule has 0 radical (unpaired) electrons. The molecule has 2 aromatic carbocycles. The zero-order chi connectivity index (χ0) is 15.9. The Morgan fingerprint density at radius 2 is 1.41 bits per heavy atom. The lowest BCUT2D eigenvalue weighted by Gasteiger charge is -2.17. The second-order valence-corrected chi connectivity index (χ2v) is 7.68. The lowest BCUT2D eigenvalue weighted by Crippen LogP contribution is -2.06. The van der Waals surface area contributed by atoms with Gasteiger partial charge in [-0.15, -0.1) is 0 Å². The Bertz CT molecular complexity index is 815. The van der Waals surface area contributed by atoms with Crippen molar-refractivity contribution in [2.45, 2.75) is 47.0 Å². The predicted molar refractivity (Wildman–Crippen MR) is 97.6 cm³/mol. The van der Waals surface area contributed by atoms with Gasteiger partial charge in [0.25, 0.3) is 0 Å². The number of benzene rings is 2. The average molecular weight is 293 g/mol. The van der Waals surface area contributed by atoms with Crippen LogP contribution in [-0.2, 0) is 19.9 Å². The van der Waals surface area contributed by atoms with E-state index in [1.54, 1.807) is 0 Å². The van der Waals surface area contributed by atoms with Crippen molar-refractivity contribution in [2.75, 3.05) is 0 Å². The van der Waals surface area contributed by atoms with E-state index in [4.69, 9.17) is 0 Å². The summed E-state index contributed by atoms with van der Waals surface area (Å²) in [6.45, 7) is 9.17. The molecule has 0 aliphatic rings. The van der Waals surface area contributed by atoms with Crippen molar-refractivity contribution in [1.82, 2.24) is 4.57 Å². The van der Waals surface area contributed by atoms with Crippen LogP contribution in [0.15, 0.2) is 36.4 Å². The zero-order valence-electron chi connectivity index (χ0n) is 14.5. The first kappa shape index (κ1) is 15.1. The maximum Gasteiger partial charge on any atom is 0.0488 e. The highest BCUT2D eigenvalue weighted by molar-refractivity contribution is 6.08. The molecule has 0 aliphatic heterocycles. The molecule has 3 rings (SSSR count). The quantitative estimate of drug-likeness (QED) is 0.569. The SMILES string of the molecule is CCc1ccc2c(c1)c1cc(CCC(C)(C)C)ccc1n2C. The molecule has 3 aromatic rings. The molecule has 116 valence electrons. The van der Waals surface area contributed by atoms with Gasteiger partial charge in [-0.2, -0.15) is 0 Å². The molecule has 1 aromatic heterocycles. The van der Waals surface area contributed by atoms with Crippen LogP contribution in [0.2, 0.25) is 0 Å². The van der Waals surface area contributed by atoms with E-state index in [1.165, 1.54) is 39.4 Å². The molecule has 1 heteroatoms. The average Bonchev–Trinajstić information content (AvgIpc) is 2.77. The van der Waals surface area contributed by atoms with E-state index in [9.17, 15) is 0 Å². The lowest BCUT2D eigenvalue weighted by molar-refractivity contribution is 0.378. The van der Waals surface area contributed by atoms with E-state index in [2.05, 4.69) is 75.7 Å². The van der Waals surface area contributed by atoms with Crippen molar-refractivity contribution in [2.24, 2.45) is 12.5 Å². The Labute approximate surface area is 133 Å².